The Labute approximate surface area is 211 Å². The van der Waals surface area contributed by atoms with Crippen LogP contribution in [0.2, 0.25) is 0 Å². The number of nitrogens with zero attached hydrogens (tertiary/aromatic N) is 2. The van der Waals surface area contributed by atoms with Gasteiger partial charge in [-0.3, -0.25) is 0 Å². The number of thioether (sulfide) groups is 1. The van der Waals surface area contributed by atoms with Crippen molar-refractivity contribution < 1.29 is 27.4 Å². The summed E-state index contributed by atoms with van der Waals surface area (Å²) >= 11 is 1.44. The van der Waals surface area contributed by atoms with Gasteiger partial charge < -0.3 is 14.0 Å². The van der Waals surface area contributed by atoms with Crippen LogP contribution in [0.1, 0.15) is 34.0 Å². The van der Waals surface area contributed by atoms with Crippen molar-refractivity contribution in [3.63, 3.8) is 0 Å². The molecule has 9 heteroatoms. The first kappa shape index (κ1) is 25.6. The van der Waals surface area contributed by atoms with Gasteiger partial charge in [0.25, 0.3) is 0 Å². The number of aromatic nitrogens is 2. The Hall–Kier alpha value is -3.46. The van der Waals surface area contributed by atoms with Gasteiger partial charge in [-0.25, -0.2) is 9.78 Å². The lowest BCUT2D eigenvalue weighted by atomic mass is 10.1. The largest absolute Gasteiger partial charge is 0.497 e. The van der Waals surface area contributed by atoms with Crippen molar-refractivity contribution in [2.24, 2.45) is 0 Å². The summed E-state index contributed by atoms with van der Waals surface area (Å²) in [5.41, 5.74) is 3.16. The fourth-order valence-electron chi connectivity index (χ4n) is 3.75. The van der Waals surface area contributed by atoms with E-state index in [1.165, 1.54) is 23.9 Å². The standard InChI is InChI=1S/C27H25F3N2O3S/c1-3-35-25(33)20-8-13-24-23(16-20)31-26(32(24)15-14-18-6-11-22(34-2)12-7-18)36-17-19-4-9-21(10-5-19)27(28,29)30/h4-13,16H,3,14-15,17H2,1-2H3. The molecule has 4 rings (SSSR count). The highest BCUT2D eigenvalue weighted by Crippen LogP contribution is 2.31. The summed E-state index contributed by atoms with van der Waals surface area (Å²) < 4.78 is 51.1. The molecule has 4 aromatic rings. The molecule has 0 spiro atoms. The maximum absolute atomic E-state index is 12.9. The summed E-state index contributed by atoms with van der Waals surface area (Å²) in [7, 11) is 1.62. The summed E-state index contributed by atoms with van der Waals surface area (Å²) in [6.07, 6.45) is -3.62. The predicted molar refractivity (Wildman–Crippen MR) is 133 cm³/mol. The van der Waals surface area contributed by atoms with Crippen LogP contribution < -0.4 is 4.74 Å². The molecule has 188 valence electrons. The van der Waals surface area contributed by atoms with Crippen LogP contribution in [-0.4, -0.2) is 29.2 Å². The van der Waals surface area contributed by atoms with Crippen LogP contribution in [0.5, 0.6) is 5.75 Å². The van der Waals surface area contributed by atoms with Crippen molar-refractivity contribution in [1.29, 1.82) is 0 Å². The maximum atomic E-state index is 12.9. The van der Waals surface area contributed by atoms with E-state index in [2.05, 4.69) is 4.57 Å². The Morgan fingerprint density at radius 1 is 1.00 bits per heavy atom. The third-order valence-electron chi connectivity index (χ3n) is 5.66. The number of aryl methyl sites for hydroxylation is 2. The van der Waals surface area contributed by atoms with E-state index in [-0.39, 0.29) is 6.61 Å². The number of fused-ring (bicyclic) bond motifs is 1. The number of imidazole rings is 1. The molecule has 0 N–H and O–H groups in total. The quantitative estimate of drug-likeness (QED) is 0.182. The van der Waals surface area contributed by atoms with Gasteiger partial charge in [-0.15, -0.1) is 0 Å². The smallest absolute Gasteiger partial charge is 0.416 e. The normalized spacial score (nSPS) is 11.6. The zero-order valence-electron chi connectivity index (χ0n) is 19.8. The summed E-state index contributed by atoms with van der Waals surface area (Å²) in [6.45, 7) is 2.67. The minimum absolute atomic E-state index is 0.279. The summed E-state index contributed by atoms with van der Waals surface area (Å²) in [5.74, 6) is 0.826. The maximum Gasteiger partial charge on any atom is 0.416 e. The highest BCUT2D eigenvalue weighted by Gasteiger charge is 2.29. The van der Waals surface area contributed by atoms with E-state index in [0.717, 1.165) is 46.1 Å². The number of carbonyl (C=O) groups excluding carboxylic acids is 1. The van der Waals surface area contributed by atoms with Gasteiger partial charge in [0.1, 0.15) is 5.75 Å². The van der Waals surface area contributed by atoms with E-state index in [9.17, 15) is 18.0 Å². The molecular weight excluding hydrogens is 489 g/mol. The molecule has 1 heterocycles. The van der Waals surface area contributed by atoms with Gasteiger partial charge in [-0.2, -0.15) is 13.2 Å². The molecular formula is C27H25F3N2O3S. The molecule has 0 saturated heterocycles. The van der Waals surface area contributed by atoms with E-state index >= 15 is 0 Å². The second kappa shape index (κ2) is 11.1. The number of alkyl halides is 3. The van der Waals surface area contributed by atoms with Gasteiger partial charge in [-0.1, -0.05) is 36.0 Å². The highest BCUT2D eigenvalue weighted by molar-refractivity contribution is 7.98. The van der Waals surface area contributed by atoms with Gasteiger partial charge in [-0.05, 0) is 66.9 Å². The number of hydrogen-bond donors (Lipinski definition) is 0. The molecule has 5 nitrogen and oxygen atoms in total. The second-order valence-corrected chi connectivity index (χ2v) is 8.99. The molecule has 3 aromatic carbocycles. The summed E-state index contributed by atoms with van der Waals surface area (Å²) in [4.78, 5) is 16.9. The van der Waals surface area contributed by atoms with Crippen LogP contribution >= 0.6 is 11.8 Å². The molecule has 0 aliphatic rings. The van der Waals surface area contributed by atoms with E-state index in [1.54, 1.807) is 26.2 Å². The van der Waals surface area contributed by atoms with E-state index in [1.807, 2.05) is 30.3 Å². The van der Waals surface area contributed by atoms with Crippen LogP contribution in [0.15, 0.2) is 71.9 Å². The Morgan fingerprint density at radius 2 is 1.69 bits per heavy atom. The van der Waals surface area contributed by atoms with Crippen LogP contribution in [0.25, 0.3) is 11.0 Å². The first-order valence-corrected chi connectivity index (χ1v) is 12.4. The first-order valence-electron chi connectivity index (χ1n) is 11.4. The van der Waals surface area contributed by atoms with E-state index in [0.29, 0.717) is 23.4 Å². The number of halogens is 3. The summed E-state index contributed by atoms with van der Waals surface area (Å²) in [5, 5.41) is 0.722. The van der Waals surface area contributed by atoms with E-state index in [4.69, 9.17) is 14.5 Å². The number of ether oxygens (including phenoxy) is 2. The Kier molecular flexibility index (Phi) is 7.88. The molecule has 0 saturated carbocycles. The number of methoxy groups -OCH3 is 1. The molecule has 0 atom stereocenters. The predicted octanol–water partition coefficient (Wildman–Crippen LogP) is 6.78. The van der Waals surface area contributed by atoms with Crippen molar-refractivity contribution in [3.05, 3.63) is 89.0 Å². The molecule has 0 aliphatic carbocycles. The lowest BCUT2D eigenvalue weighted by Crippen LogP contribution is -2.05. The third kappa shape index (κ3) is 6.02. The van der Waals surface area contributed by atoms with Crippen molar-refractivity contribution in [2.45, 2.75) is 37.0 Å². The highest BCUT2D eigenvalue weighted by atomic mass is 32.2. The average Bonchev–Trinajstić information content (AvgIpc) is 3.23. The Bertz CT molecular complexity index is 1330. The van der Waals surface area contributed by atoms with Gasteiger partial charge >= 0.3 is 12.1 Å². The zero-order chi connectivity index (χ0) is 25.7. The summed E-state index contributed by atoms with van der Waals surface area (Å²) in [6, 6.07) is 18.3. The van der Waals surface area contributed by atoms with Gasteiger partial charge in [0.05, 0.1) is 35.9 Å². The second-order valence-electron chi connectivity index (χ2n) is 8.05. The molecule has 36 heavy (non-hydrogen) atoms. The fourth-order valence-corrected chi connectivity index (χ4v) is 4.74. The lowest BCUT2D eigenvalue weighted by molar-refractivity contribution is -0.137. The Balaban J connectivity index is 1.59. The van der Waals surface area contributed by atoms with Crippen LogP contribution in [0.4, 0.5) is 13.2 Å². The Morgan fingerprint density at radius 3 is 2.33 bits per heavy atom. The molecule has 0 aliphatic heterocycles. The average molecular weight is 515 g/mol. The number of carbonyl (C=O) groups is 1. The molecule has 0 bridgehead atoms. The minimum atomic E-state index is -4.36. The topological polar surface area (TPSA) is 53.3 Å². The van der Waals surface area contributed by atoms with Gasteiger partial charge in [0.15, 0.2) is 5.16 Å². The number of rotatable bonds is 9. The number of esters is 1. The van der Waals surface area contributed by atoms with Gasteiger partial charge in [0.2, 0.25) is 0 Å². The third-order valence-corrected chi connectivity index (χ3v) is 6.70. The van der Waals surface area contributed by atoms with Crippen molar-refractivity contribution >= 4 is 28.8 Å². The lowest BCUT2D eigenvalue weighted by Gasteiger charge is -2.11. The van der Waals surface area contributed by atoms with Crippen LogP contribution in [0, 0.1) is 0 Å². The SMILES string of the molecule is CCOC(=O)c1ccc2c(c1)nc(SCc1ccc(C(F)(F)F)cc1)n2CCc1ccc(OC)cc1. The molecule has 0 unspecified atom stereocenters. The number of benzene rings is 3. The van der Waals surface area contributed by atoms with Crippen molar-refractivity contribution in [1.82, 2.24) is 9.55 Å². The van der Waals surface area contributed by atoms with Crippen LogP contribution in [0.3, 0.4) is 0 Å². The van der Waals surface area contributed by atoms with Crippen molar-refractivity contribution in [3.8, 4) is 5.75 Å². The fraction of sp³-hybridized carbons (Fsp3) is 0.259. The zero-order valence-corrected chi connectivity index (χ0v) is 20.7. The monoisotopic (exact) mass is 514 g/mol. The van der Waals surface area contributed by atoms with Crippen molar-refractivity contribution in [2.75, 3.05) is 13.7 Å². The molecule has 0 fully saturated rings. The minimum Gasteiger partial charge on any atom is -0.497 e. The number of hydrogen-bond acceptors (Lipinski definition) is 5. The van der Waals surface area contributed by atoms with Crippen LogP contribution in [-0.2, 0) is 29.6 Å². The first-order chi connectivity index (χ1) is 17.3. The van der Waals surface area contributed by atoms with Gasteiger partial charge in [0, 0.05) is 12.3 Å². The molecule has 0 amide bonds. The van der Waals surface area contributed by atoms with E-state index < -0.39 is 17.7 Å². The molecule has 1 aromatic heterocycles. The molecule has 0 radical (unpaired) electrons.